The number of nitrogens with two attached hydrogens (primary N) is 1. The first-order valence-corrected chi connectivity index (χ1v) is 12.8. The molecule has 2 aliphatic heterocycles. The van der Waals surface area contributed by atoms with Gasteiger partial charge in [-0.3, -0.25) is 14.7 Å². The number of carbonyl (C=O) groups excluding carboxylic acids is 1. The molecule has 0 atom stereocenters. The van der Waals surface area contributed by atoms with Gasteiger partial charge in [-0.2, -0.15) is 18.4 Å². The van der Waals surface area contributed by atoms with Crippen LogP contribution in [0.25, 0.3) is 0 Å². The highest BCUT2D eigenvalue weighted by molar-refractivity contribution is 6.25. The van der Waals surface area contributed by atoms with Gasteiger partial charge in [0.2, 0.25) is 0 Å². The standard InChI is InChI=1S/C28H31F3N6O2/c1-19(34-22-4-2-3-21(16-22)28(29,30)31)25(18-33)27(38)35-23-5-6-26(20(15-23)17-32)37-9-7-24(8-10-37)36-11-13-39-14-12-36/h2-6,15-16,18,24H,7-14,33H2,1H3,(H,35,38). The summed E-state index contributed by atoms with van der Waals surface area (Å²) in [5.41, 5.74) is 6.67. The van der Waals surface area contributed by atoms with Crippen LogP contribution in [-0.2, 0) is 15.7 Å². The fraction of sp³-hybridized carbons (Fsp3) is 0.393. The van der Waals surface area contributed by atoms with Crippen molar-refractivity contribution in [3.05, 3.63) is 65.4 Å². The van der Waals surface area contributed by atoms with Gasteiger partial charge in [0.05, 0.1) is 47.0 Å². The maximum Gasteiger partial charge on any atom is 0.416 e. The zero-order chi connectivity index (χ0) is 28.0. The zero-order valence-corrected chi connectivity index (χ0v) is 21.7. The monoisotopic (exact) mass is 540 g/mol. The Kier molecular flexibility index (Phi) is 8.89. The minimum absolute atomic E-state index is 0.000168. The Morgan fingerprint density at radius 3 is 2.51 bits per heavy atom. The topological polar surface area (TPSA) is 107 Å². The van der Waals surface area contributed by atoms with Crippen molar-refractivity contribution < 1.29 is 22.7 Å². The van der Waals surface area contributed by atoms with Crippen LogP contribution in [0, 0.1) is 11.3 Å². The molecule has 0 unspecified atom stereocenters. The number of nitrogens with one attached hydrogen (secondary N) is 1. The molecule has 11 heteroatoms. The van der Waals surface area contributed by atoms with Gasteiger partial charge in [-0.1, -0.05) is 6.07 Å². The van der Waals surface area contributed by atoms with Gasteiger partial charge in [0, 0.05) is 44.1 Å². The van der Waals surface area contributed by atoms with Gasteiger partial charge in [-0.15, -0.1) is 0 Å². The molecule has 3 N–H and O–H groups in total. The maximum absolute atomic E-state index is 13.0. The SMILES string of the molecule is CC(=Nc1cccc(C(F)(F)F)c1)C(=CN)C(=O)Nc1ccc(N2CCC(N3CCOCC3)CC2)c(C#N)c1. The summed E-state index contributed by atoms with van der Waals surface area (Å²) in [6, 6.07) is 12.4. The number of carbonyl (C=O) groups is 1. The number of alkyl halides is 3. The van der Waals surface area contributed by atoms with E-state index in [9.17, 15) is 23.2 Å². The van der Waals surface area contributed by atoms with Crippen LogP contribution in [0.2, 0.25) is 0 Å². The lowest BCUT2D eigenvalue weighted by atomic mass is 10.0. The summed E-state index contributed by atoms with van der Waals surface area (Å²) in [6.45, 7) is 6.58. The third-order valence-corrected chi connectivity index (χ3v) is 7.01. The molecule has 2 fully saturated rings. The van der Waals surface area contributed by atoms with E-state index in [0.29, 0.717) is 17.3 Å². The average molecular weight is 541 g/mol. The quantitative estimate of drug-likeness (QED) is 0.414. The number of morpholine rings is 1. The van der Waals surface area contributed by atoms with E-state index >= 15 is 0 Å². The summed E-state index contributed by atoms with van der Waals surface area (Å²) in [6.07, 6.45) is -1.45. The van der Waals surface area contributed by atoms with Crippen molar-refractivity contribution in [1.82, 2.24) is 4.90 Å². The molecule has 0 spiro atoms. The highest BCUT2D eigenvalue weighted by Gasteiger charge is 2.30. The van der Waals surface area contributed by atoms with Crippen molar-refractivity contribution in [2.45, 2.75) is 32.0 Å². The van der Waals surface area contributed by atoms with Gasteiger partial charge >= 0.3 is 6.18 Å². The minimum Gasteiger partial charge on any atom is -0.404 e. The Hall–Kier alpha value is -3.88. The number of anilines is 2. The van der Waals surface area contributed by atoms with Gasteiger partial charge < -0.3 is 20.7 Å². The molecule has 206 valence electrons. The van der Waals surface area contributed by atoms with E-state index < -0.39 is 17.6 Å². The van der Waals surface area contributed by atoms with E-state index in [1.54, 1.807) is 12.1 Å². The third kappa shape index (κ3) is 6.96. The molecule has 2 aromatic rings. The van der Waals surface area contributed by atoms with Crippen molar-refractivity contribution in [2.75, 3.05) is 49.6 Å². The van der Waals surface area contributed by atoms with Crippen molar-refractivity contribution >= 4 is 28.7 Å². The Morgan fingerprint density at radius 1 is 1.15 bits per heavy atom. The van der Waals surface area contributed by atoms with Gasteiger partial charge in [0.1, 0.15) is 6.07 Å². The molecule has 0 bridgehead atoms. The summed E-state index contributed by atoms with van der Waals surface area (Å²) >= 11 is 0. The van der Waals surface area contributed by atoms with E-state index in [4.69, 9.17) is 10.5 Å². The van der Waals surface area contributed by atoms with Crippen LogP contribution in [0.15, 0.2) is 59.2 Å². The Bertz CT molecular complexity index is 1290. The predicted octanol–water partition coefficient (Wildman–Crippen LogP) is 4.45. The summed E-state index contributed by atoms with van der Waals surface area (Å²) < 4.78 is 44.5. The first-order valence-electron chi connectivity index (χ1n) is 12.8. The Labute approximate surface area is 225 Å². The number of hydrogen-bond acceptors (Lipinski definition) is 7. The van der Waals surface area contributed by atoms with Gasteiger partial charge in [-0.05, 0) is 56.2 Å². The summed E-state index contributed by atoms with van der Waals surface area (Å²) in [5, 5.41) is 12.5. The highest BCUT2D eigenvalue weighted by Crippen LogP contribution is 2.32. The van der Waals surface area contributed by atoms with Gasteiger partial charge in [0.25, 0.3) is 5.91 Å². The van der Waals surface area contributed by atoms with Crippen LogP contribution in [-0.4, -0.2) is 62.0 Å². The van der Waals surface area contributed by atoms with E-state index in [-0.39, 0.29) is 17.0 Å². The summed E-state index contributed by atoms with van der Waals surface area (Å²) in [7, 11) is 0. The molecule has 39 heavy (non-hydrogen) atoms. The molecule has 0 radical (unpaired) electrons. The number of ether oxygens (including phenoxy) is 1. The number of aliphatic imine (C=N–C) groups is 1. The van der Waals surface area contributed by atoms with Crippen molar-refractivity contribution in [1.29, 1.82) is 5.26 Å². The van der Waals surface area contributed by atoms with Crippen LogP contribution in [0.5, 0.6) is 0 Å². The summed E-state index contributed by atoms with van der Waals surface area (Å²) in [5.74, 6) is -0.589. The number of nitriles is 1. The van der Waals surface area contributed by atoms with Crippen molar-refractivity contribution in [3.8, 4) is 6.07 Å². The van der Waals surface area contributed by atoms with Crippen LogP contribution in [0.1, 0.15) is 30.9 Å². The number of nitrogens with zero attached hydrogens (tertiary/aromatic N) is 4. The number of amides is 1. The van der Waals surface area contributed by atoms with Crippen LogP contribution in [0.4, 0.5) is 30.2 Å². The largest absolute Gasteiger partial charge is 0.416 e. The molecular weight excluding hydrogens is 509 g/mol. The molecule has 2 heterocycles. The van der Waals surface area contributed by atoms with Crippen LogP contribution in [0.3, 0.4) is 0 Å². The molecule has 0 saturated carbocycles. The zero-order valence-electron chi connectivity index (χ0n) is 21.7. The normalized spacial score (nSPS) is 18.1. The third-order valence-electron chi connectivity index (χ3n) is 7.01. The fourth-order valence-corrected chi connectivity index (χ4v) is 4.96. The predicted molar refractivity (Wildman–Crippen MR) is 144 cm³/mol. The lowest BCUT2D eigenvalue weighted by molar-refractivity contribution is -0.137. The van der Waals surface area contributed by atoms with E-state index in [2.05, 4.69) is 26.2 Å². The Balaban J connectivity index is 1.42. The molecule has 2 saturated heterocycles. The molecule has 0 aromatic heterocycles. The number of piperidine rings is 1. The second-order valence-corrected chi connectivity index (χ2v) is 9.49. The van der Waals surface area contributed by atoms with Crippen molar-refractivity contribution in [3.63, 3.8) is 0 Å². The smallest absolute Gasteiger partial charge is 0.404 e. The molecular formula is C28H31F3N6O2. The molecule has 8 nitrogen and oxygen atoms in total. The van der Waals surface area contributed by atoms with E-state index in [1.807, 2.05) is 6.07 Å². The second kappa shape index (κ2) is 12.3. The van der Waals surface area contributed by atoms with Crippen molar-refractivity contribution in [2.24, 2.45) is 10.7 Å². The molecule has 2 aromatic carbocycles. The van der Waals surface area contributed by atoms with E-state index in [1.165, 1.54) is 19.1 Å². The molecule has 2 aliphatic rings. The van der Waals surface area contributed by atoms with E-state index in [0.717, 1.165) is 76.3 Å². The number of rotatable bonds is 6. The second-order valence-electron chi connectivity index (χ2n) is 9.49. The molecule has 0 aliphatic carbocycles. The number of halogens is 3. The molecule has 1 amide bonds. The fourth-order valence-electron chi connectivity index (χ4n) is 4.96. The number of benzene rings is 2. The highest BCUT2D eigenvalue weighted by atomic mass is 19.4. The van der Waals surface area contributed by atoms with Crippen LogP contribution < -0.4 is 16.0 Å². The number of hydrogen-bond donors (Lipinski definition) is 2. The van der Waals surface area contributed by atoms with Gasteiger partial charge in [0.15, 0.2) is 0 Å². The lowest BCUT2D eigenvalue weighted by Gasteiger charge is -2.41. The first-order chi connectivity index (χ1) is 18.7. The maximum atomic E-state index is 13.0. The Morgan fingerprint density at radius 2 is 1.87 bits per heavy atom. The molecule has 4 rings (SSSR count). The van der Waals surface area contributed by atoms with Crippen LogP contribution >= 0.6 is 0 Å². The summed E-state index contributed by atoms with van der Waals surface area (Å²) in [4.78, 5) is 21.8. The lowest BCUT2D eigenvalue weighted by Crippen LogP contribution is -2.49. The minimum atomic E-state index is -4.51. The average Bonchev–Trinajstić information content (AvgIpc) is 2.93. The first kappa shape index (κ1) is 28.1. The van der Waals surface area contributed by atoms with Gasteiger partial charge in [-0.25, -0.2) is 0 Å².